The summed E-state index contributed by atoms with van der Waals surface area (Å²) in [6, 6.07) is 7.38. The van der Waals surface area contributed by atoms with Crippen molar-refractivity contribution in [2.45, 2.75) is 13.8 Å². The SMILES string of the molecule is CC(=O)N1CCN(C(=O)/C(C#N)=C\Nc2cccc(C)n2)CC1. The first kappa shape index (κ1) is 16.5. The van der Waals surface area contributed by atoms with Gasteiger partial charge in [-0.3, -0.25) is 9.59 Å². The highest BCUT2D eigenvalue weighted by Gasteiger charge is 2.24. The zero-order chi connectivity index (χ0) is 16.8. The first-order valence-corrected chi connectivity index (χ1v) is 7.36. The molecule has 1 aliphatic heterocycles. The Morgan fingerprint density at radius 1 is 1.26 bits per heavy atom. The van der Waals surface area contributed by atoms with Crippen LogP contribution >= 0.6 is 0 Å². The molecule has 2 amide bonds. The van der Waals surface area contributed by atoms with Crippen LogP contribution in [0, 0.1) is 18.3 Å². The molecule has 7 heteroatoms. The van der Waals surface area contributed by atoms with Gasteiger partial charge >= 0.3 is 0 Å². The van der Waals surface area contributed by atoms with Gasteiger partial charge in [-0.2, -0.15) is 5.26 Å². The van der Waals surface area contributed by atoms with Gasteiger partial charge in [-0.05, 0) is 19.1 Å². The predicted molar refractivity (Wildman–Crippen MR) is 85.1 cm³/mol. The molecule has 0 atom stereocenters. The van der Waals surface area contributed by atoms with E-state index in [-0.39, 0.29) is 17.4 Å². The van der Waals surface area contributed by atoms with E-state index in [1.54, 1.807) is 15.9 Å². The van der Waals surface area contributed by atoms with Gasteiger partial charge in [-0.15, -0.1) is 0 Å². The van der Waals surface area contributed by atoms with Crippen molar-refractivity contribution in [3.63, 3.8) is 0 Å². The summed E-state index contributed by atoms with van der Waals surface area (Å²) >= 11 is 0. The molecule has 0 unspecified atom stereocenters. The van der Waals surface area contributed by atoms with Crippen molar-refractivity contribution in [2.75, 3.05) is 31.5 Å². The lowest BCUT2D eigenvalue weighted by Gasteiger charge is -2.34. The average molecular weight is 313 g/mol. The zero-order valence-electron chi connectivity index (χ0n) is 13.2. The van der Waals surface area contributed by atoms with E-state index in [2.05, 4.69) is 10.3 Å². The maximum atomic E-state index is 12.4. The first-order chi connectivity index (χ1) is 11.0. The van der Waals surface area contributed by atoms with Crippen LogP contribution in [0.15, 0.2) is 30.0 Å². The minimum absolute atomic E-state index is 0.000311. The molecule has 0 spiro atoms. The summed E-state index contributed by atoms with van der Waals surface area (Å²) in [7, 11) is 0. The van der Waals surface area contributed by atoms with Gasteiger partial charge in [0.2, 0.25) is 5.91 Å². The highest BCUT2D eigenvalue weighted by molar-refractivity contribution is 5.97. The molecule has 0 aromatic carbocycles. The first-order valence-electron chi connectivity index (χ1n) is 7.36. The van der Waals surface area contributed by atoms with E-state index >= 15 is 0 Å². The van der Waals surface area contributed by atoms with Crippen molar-refractivity contribution < 1.29 is 9.59 Å². The number of rotatable bonds is 3. The van der Waals surface area contributed by atoms with E-state index in [0.717, 1.165) is 5.69 Å². The van der Waals surface area contributed by atoms with Gasteiger partial charge in [0.05, 0.1) is 0 Å². The third kappa shape index (κ3) is 4.30. The fraction of sp³-hybridized carbons (Fsp3) is 0.375. The topological polar surface area (TPSA) is 89.3 Å². The fourth-order valence-corrected chi connectivity index (χ4v) is 2.31. The number of nitriles is 1. The monoisotopic (exact) mass is 313 g/mol. The molecule has 7 nitrogen and oxygen atoms in total. The molecule has 1 aromatic heterocycles. The summed E-state index contributed by atoms with van der Waals surface area (Å²) in [5.74, 6) is 0.239. The van der Waals surface area contributed by atoms with Crippen molar-refractivity contribution in [1.82, 2.24) is 14.8 Å². The lowest BCUT2D eigenvalue weighted by molar-refractivity contribution is -0.136. The summed E-state index contributed by atoms with van der Waals surface area (Å²) in [6.07, 6.45) is 1.38. The third-order valence-electron chi connectivity index (χ3n) is 3.62. The number of hydrogen-bond acceptors (Lipinski definition) is 5. The Labute approximate surface area is 135 Å². The van der Waals surface area contributed by atoms with Crippen molar-refractivity contribution >= 4 is 17.6 Å². The average Bonchev–Trinajstić information content (AvgIpc) is 2.55. The number of carbonyl (C=O) groups excluding carboxylic acids is 2. The van der Waals surface area contributed by atoms with Crippen LogP contribution in [0.4, 0.5) is 5.82 Å². The van der Waals surface area contributed by atoms with E-state index in [0.29, 0.717) is 32.0 Å². The molecule has 0 aliphatic carbocycles. The molecule has 0 bridgehead atoms. The number of amides is 2. The second-order valence-corrected chi connectivity index (χ2v) is 5.28. The third-order valence-corrected chi connectivity index (χ3v) is 3.62. The van der Waals surface area contributed by atoms with Gasteiger partial charge in [0.1, 0.15) is 17.5 Å². The number of nitrogens with one attached hydrogen (secondary N) is 1. The number of nitrogens with zero attached hydrogens (tertiary/aromatic N) is 4. The maximum absolute atomic E-state index is 12.4. The van der Waals surface area contributed by atoms with E-state index in [4.69, 9.17) is 0 Å². The molecule has 1 saturated heterocycles. The van der Waals surface area contributed by atoms with E-state index in [1.807, 2.05) is 25.1 Å². The second-order valence-electron chi connectivity index (χ2n) is 5.28. The van der Waals surface area contributed by atoms with Crippen LogP contribution in [0.2, 0.25) is 0 Å². The van der Waals surface area contributed by atoms with Crippen molar-refractivity contribution in [3.05, 3.63) is 35.7 Å². The highest BCUT2D eigenvalue weighted by atomic mass is 16.2. The maximum Gasteiger partial charge on any atom is 0.266 e. The van der Waals surface area contributed by atoms with Crippen LogP contribution in [0.5, 0.6) is 0 Å². The Morgan fingerprint density at radius 2 is 1.91 bits per heavy atom. The van der Waals surface area contributed by atoms with E-state index < -0.39 is 0 Å². The summed E-state index contributed by atoms with van der Waals surface area (Å²) in [6.45, 7) is 5.22. The zero-order valence-corrected chi connectivity index (χ0v) is 13.2. The Bertz CT molecular complexity index is 669. The van der Waals surface area contributed by atoms with Gasteiger partial charge in [-0.25, -0.2) is 4.98 Å². The number of aromatic nitrogens is 1. The van der Waals surface area contributed by atoms with Gasteiger partial charge in [-0.1, -0.05) is 6.07 Å². The molecule has 2 rings (SSSR count). The molecule has 120 valence electrons. The molecule has 1 fully saturated rings. The molecule has 0 saturated carbocycles. The molecular formula is C16H19N5O2. The molecule has 0 radical (unpaired) electrons. The van der Waals surface area contributed by atoms with Crippen molar-refractivity contribution in [3.8, 4) is 6.07 Å². The van der Waals surface area contributed by atoms with Crippen LogP contribution < -0.4 is 5.32 Å². The summed E-state index contributed by atoms with van der Waals surface area (Å²) < 4.78 is 0. The normalized spacial score (nSPS) is 15.1. The number of aryl methyl sites for hydroxylation is 1. The lowest BCUT2D eigenvalue weighted by Crippen LogP contribution is -2.50. The summed E-state index contributed by atoms with van der Waals surface area (Å²) in [5.41, 5.74) is 0.859. The molecule has 2 heterocycles. The Hall–Kier alpha value is -2.88. The molecule has 1 aromatic rings. The van der Waals surface area contributed by atoms with Crippen molar-refractivity contribution in [1.29, 1.82) is 5.26 Å². The second kappa shape index (κ2) is 7.40. The van der Waals surface area contributed by atoms with Gasteiger partial charge in [0.25, 0.3) is 5.91 Å². The number of piperazine rings is 1. The quantitative estimate of drug-likeness (QED) is 0.661. The minimum atomic E-state index is -0.337. The Balaban J connectivity index is 2.00. The predicted octanol–water partition coefficient (Wildman–Crippen LogP) is 0.900. The van der Waals surface area contributed by atoms with Gasteiger partial charge < -0.3 is 15.1 Å². The smallest absolute Gasteiger partial charge is 0.266 e. The Morgan fingerprint density at radius 3 is 2.48 bits per heavy atom. The van der Waals surface area contributed by atoms with E-state index in [9.17, 15) is 14.9 Å². The molecule has 1 N–H and O–H groups in total. The van der Waals surface area contributed by atoms with E-state index in [1.165, 1.54) is 13.1 Å². The standard InChI is InChI=1S/C16H19N5O2/c1-12-4-3-5-15(19-12)18-11-14(10-17)16(23)21-8-6-20(7-9-21)13(2)22/h3-5,11H,6-9H2,1-2H3,(H,18,19)/b14-11-. The van der Waals surface area contributed by atoms with Gasteiger partial charge in [0.15, 0.2) is 0 Å². The number of anilines is 1. The largest absolute Gasteiger partial charge is 0.345 e. The number of carbonyl (C=O) groups is 2. The van der Waals surface area contributed by atoms with Crippen LogP contribution in [0.3, 0.4) is 0 Å². The highest BCUT2D eigenvalue weighted by Crippen LogP contribution is 2.09. The summed E-state index contributed by atoms with van der Waals surface area (Å²) in [4.78, 5) is 31.2. The van der Waals surface area contributed by atoms with Crippen LogP contribution in [0.25, 0.3) is 0 Å². The van der Waals surface area contributed by atoms with Gasteiger partial charge in [0, 0.05) is 45.0 Å². The lowest BCUT2D eigenvalue weighted by atomic mass is 10.2. The van der Waals surface area contributed by atoms with Crippen LogP contribution in [-0.4, -0.2) is 52.8 Å². The number of pyridine rings is 1. The summed E-state index contributed by atoms with van der Waals surface area (Å²) in [5, 5.41) is 12.1. The minimum Gasteiger partial charge on any atom is -0.345 e. The molecular weight excluding hydrogens is 294 g/mol. The van der Waals surface area contributed by atoms with Crippen molar-refractivity contribution in [2.24, 2.45) is 0 Å². The van der Waals surface area contributed by atoms with Crippen LogP contribution in [-0.2, 0) is 9.59 Å². The molecule has 1 aliphatic rings. The number of hydrogen-bond donors (Lipinski definition) is 1. The fourth-order valence-electron chi connectivity index (χ4n) is 2.31. The molecule has 23 heavy (non-hydrogen) atoms. The van der Waals surface area contributed by atoms with Crippen LogP contribution in [0.1, 0.15) is 12.6 Å². The Kier molecular flexibility index (Phi) is 5.31.